The second-order valence-corrected chi connectivity index (χ2v) is 10.5. The highest BCUT2D eigenvalue weighted by Crippen LogP contribution is 2.60. The Morgan fingerprint density at radius 2 is 1.70 bits per heavy atom. The van der Waals surface area contributed by atoms with Crippen molar-refractivity contribution in [2.24, 2.45) is 22.7 Å². The number of methoxy groups -OCH3 is 1. The van der Waals surface area contributed by atoms with Crippen LogP contribution in [-0.4, -0.2) is 25.0 Å². The molecule has 3 atom stereocenters. The molecule has 0 spiro atoms. The van der Waals surface area contributed by atoms with Gasteiger partial charge in [0.25, 0.3) is 0 Å². The molecular weight excluding hydrogens is 420 g/mol. The van der Waals surface area contributed by atoms with Gasteiger partial charge in [-0.05, 0) is 67.4 Å². The van der Waals surface area contributed by atoms with E-state index in [0.717, 1.165) is 12.8 Å². The molecule has 0 saturated heterocycles. The van der Waals surface area contributed by atoms with E-state index in [0.29, 0.717) is 17.9 Å². The summed E-state index contributed by atoms with van der Waals surface area (Å²) in [5, 5.41) is 0. The summed E-state index contributed by atoms with van der Waals surface area (Å²) in [6.45, 7) is 11.8. The Bertz CT molecular complexity index is 989. The predicted octanol–water partition coefficient (Wildman–Crippen LogP) is 5.67. The number of carbonyl (C=O) groups excluding carboxylic acids is 3. The SMILES string of the molecule is COC(=O)c1cc(C[C@H]2C(C)=CC[C@H]3C(C)(C)CCC[C@]23C)c(OC(C)=O)c(OC(C)=O)c1. The lowest BCUT2D eigenvalue weighted by Crippen LogP contribution is -2.49. The molecule has 0 heterocycles. The third-order valence-electron chi connectivity index (χ3n) is 7.77. The molecule has 0 aromatic heterocycles. The Morgan fingerprint density at radius 3 is 2.30 bits per heavy atom. The standard InChI is InChI=1S/C27H36O6/c1-16-9-10-23-26(4,5)11-8-12-27(23,6)21(16)14-19-13-20(25(30)31-7)15-22(32-17(2)28)24(19)33-18(3)29/h9,13,15,21,23H,8,10-12,14H2,1-7H3/t21-,23-,27+/m0/s1. The van der Waals surface area contributed by atoms with E-state index in [4.69, 9.17) is 14.2 Å². The van der Waals surface area contributed by atoms with Crippen LogP contribution in [0.5, 0.6) is 11.5 Å². The Hall–Kier alpha value is -2.63. The highest BCUT2D eigenvalue weighted by Gasteiger charge is 2.51. The van der Waals surface area contributed by atoms with Crippen LogP contribution in [0, 0.1) is 22.7 Å². The van der Waals surface area contributed by atoms with Crippen LogP contribution in [0.15, 0.2) is 23.8 Å². The van der Waals surface area contributed by atoms with Crippen molar-refractivity contribution in [3.63, 3.8) is 0 Å². The van der Waals surface area contributed by atoms with Crippen molar-refractivity contribution < 1.29 is 28.6 Å². The van der Waals surface area contributed by atoms with Gasteiger partial charge >= 0.3 is 17.9 Å². The van der Waals surface area contributed by atoms with Crippen LogP contribution in [0.1, 0.15) is 83.1 Å². The minimum absolute atomic E-state index is 0.0544. The Kier molecular flexibility index (Phi) is 7.06. The number of hydrogen-bond donors (Lipinski definition) is 0. The average molecular weight is 457 g/mol. The number of fused-ring (bicyclic) bond motifs is 1. The summed E-state index contributed by atoms with van der Waals surface area (Å²) in [4.78, 5) is 36.1. The Morgan fingerprint density at radius 1 is 1.03 bits per heavy atom. The first-order chi connectivity index (χ1) is 15.4. The quantitative estimate of drug-likeness (QED) is 0.323. The van der Waals surface area contributed by atoms with Gasteiger partial charge in [-0.2, -0.15) is 0 Å². The van der Waals surface area contributed by atoms with Crippen molar-refractivity contribution in [3.8, 4) is 11.5 Å². The zero-order valence-electron chi connectivity index (χ0n) is 20.9. The first kappa shape index (κ1) is 25.0. The highest BCUT2D eigenvalue weighted by atomic mass is 16.6. The monoisotopic (exact) mass is 456 g/mol. The van der Waals surface area contributed by atoms with E-state index >= 15 is 0 Å². The van der Waals surface area contributed by atoms with Gasteiger partial charge in [-0.15, -0.1) is 0 Å². The smallest absolute Gasteiger partial charge is 0.337 e. The Balaban J connectivity index is 2.14. The fourth-order valence-corrected chi connectivity index (χ4v) is 6.29. The van der Waals surface area contributed by atoms with E-state index in [-0.39, 0.29) is 33.8 Å². The second-order valence-electron chi connectivity index (χ2n) is 10.5. The molecule has 2 aliphatic rings. The number of allylic oxidation sites excluding steroid dienone is 2. The summed E-state index contributed by atoms with van der Waals surface area (Å²) >= 11 is 0. The first-order valence-corrected chi connectivity index (χ1v) is 11.7. The molecule has 1 aromatic rings. The molecule has 0 N–H and O–H groups in total. The molecule has 2 aliphatic carbocycles. The third-order valence-corrected chi connectivity index (χ3v) is 7.77. The van der Waals surface area contributed by atoms with Crippen LogP contribution in [0.3, 0.4) is 0 Å². The molecule has 0 amide bonds. The van der Waals surface area contributed by atoms with Crippen LogP contribution < -0.4 is 9.47 Å². The summed E-state index contributed by atoms with van der Waals surface area (Å²) < 4.78 is 15.8. The van der Waals surface area contributed by atoms with Crippen LogP contribution in [0.25, 0.3) is 0 Å². The number of carbonyl (C=O) groups is 3. The van der Waals surface area contributed by atoms with Crippen LogP contribution in [0.2, 0.25) is 0 Å². The van der Waals surface area contributed by atoms with E-state index in [1.807, 2.05) is 0 Å². The molecule has 0 aliphatic heterocycles. The van der Waals surface area contributed by atoms with Crippen molar-refractivity contribution in [3.05, 3.63) is 34.9 Å². The fraction of sp³-hybridized carbons (Fsp3) is 0.593. The summed E-state index contributed by atoms with van der Waals surface area (Å²) in [5.41, 5.74) is 2.52. The average Bonchev–Trinajstić information content (AvgIpc) is 2.70. The molecule has 180 valence electrons. The molecule has 0 radical (unpaired) electrons. The Labute approximate surface area is 196 Å². The molecule has 6 nitrogen and oxygen atoms in total. The summed E-state index contributed by atoms with van der Waals surface area (Å²) in [5.74, 6) is -0.652. The zero-order valence-corrected chi connectivity index (χ0v) is 20.9. The number of hydrogen-bond acceptors (Lipinski definition) is 6. The van der Waals surface area contributed by atoms with Gasteiger partial charge in [-0.1, -0.05) is 38.8 Å². The molecule has 6 heteroatoms. The maximum atomic E-state index is 12.4. The molecule has 0 unspecified atom stereocenters. The third kappa shape index (κ3) is 4.99. The summed E-state index contributed by atoms with van der Waals surface area (Å²) in [6, 6.07) is 3.10. The maximum Gasteiger partial charge on any atom is 0.337 e. The first-order valence-electron chi connectivity index (χ1n) is 11.7. The normalized spacial score (nSPS) is 26.0. The minimum atomic E-state index is -0.564. The fourth-order valence-electron chi connectivity index (χ4n) is 6.29. The van der Waals surface area contributed by atoms with Gasteiger partial charge in [-0.3, -0.25) is 9.59 Å². The van der Waals surface area contributed by atoms with E-state index in [9.17, 15) is 14.4 Å². The molecule has 0 bridgehead atoms. The number of benzene rings is 1. The molecule has 33 heavy (non-hydrogen) atoms. The van der Waals surface area contributed by atoms with E-state index in [1.54, 1.807) is 6.07 Å². The summed E-state index contributed by atoms with van der Waals surface area (Å²) in [6.07, 6.45) is 7.46. The van der Waals surface area contributed by atoms with Gasteiger partial charge in [0, 0.05) is 19.4 Å². The maximum absolute atomic E-state index is 12.4. The lowest BCUT2D eigenvalue weighted by molar-refractivity contribution is -0.134. The second kappa shape index (κ2) is 9.32. The van der Waals surface area contributed by atoms with Crippen molar-refractivity contribution >= 4 is 17.9 Å². The minimum Gasteiger partial charge on any atom is -0.465 e. The van der Waals surface area contributed by atoms with E-state index in [1.165, 1.54) is 45.4 Å². The van der Waals surface area contributed by atoms with Gasteiger partial charge < -0.3 is 14.2 Å². The highest BCUT2D eigenvalue weighted by molar-refractivity contribution is 5.91. The lowest BCUT2D eigenvalue weighted by Gasteiger charge is -2.57. The molecule has 3 rings (SSSR count). The number of esters is 3. The van der Waals surface area contributed by atoms with Gasteiger partial charge in [0.1, 0.15) is 0 Å². The molecule has 1 fully saturated rings. The van der Waals surface area contributed by atoms with Gasteiger partial charge in [0.2, 0.25) is 0 Å². The predicted molar refractivity (Wildman–Crippen MR) is 125 cm³/mol. The van der Waals surface area contributed by atoms with E-state index < -0.39 is 17.9 Å². The number of rotatable bonds is 5. The van der Waals surface area contributed by atoms with E-state index in [2.05, 4.69) is 33.8 Å². The van der Waals surface area contributed by atoms with Crippen LogP contribution in [0.4, 0.5) is 0 Å². The lowest BCUT2D eigenvalue weighted by atomic mass is 9.48. The molecular formula is C27H36O6. The van der Waals surface area contributed by atoms with Gasteiger partial charge in [-0.25, -0.2) is 4.79 Å². The topological polar surface area (TPSA) is 78.9 Å². The van der Waals surface area contributed by atoms with Crippen molar-refractivity contribution in [1.29, 1.82) is 0 Å². The van der Waals surface area contributed by atoms with Gasteiger partial charge in [0.05, 0.1) is 12.7 Å². The summed E-state index contributed by atoms with van der Waals surface area (Å²) in [7, 11) is 1.30. The number of ether oxygens (including phenoxy) is 3. The largest absolute Gasteiger partial charge is 0.465 e. The van der Waals surface area contributed by atoms with Crippen LogP contribution >= 0.6 is 0 Å². The molecule has 1 saturated carbocycles. The van der Waals surface area contributed by atoms with Crippen molar-refractivity contribution in [2.45, 2.75) is 73.6 Å². The van der Waals surface area contributed by atoms with Crippen molar-refractivity contribution in [1.82, 2.24) is 0 Å². The van der Waals surface area contributed by atoms with Crippen LogP contribution in [-0.2, 0) is 20.7 Å². The van der Waals surface area contributed by atoms with Crippen molar-refractivity contribution in [2.75, 3.05) is 7.11 Å². The molecule has 1 aromatic carbocycles. The van der Waals surface area contributed by atoms with Gasteiger partial charge in [0.15, 0.2) is 11.5 Å². The zero-order chi connectivity index (χ0) is 24.6.